The number of hydrogen-bond acceptors (Lipinski definition) is 4. The minimum atomic E-state index is -0.269. The molecule has 8 heteroatoms. The van der Waals surface area contributed by atoms with E-state index < -0.39 is 0 Å². The summed E-state index contributed by atoms with van der Waals surface area (Å²) in [7, 11) is 1.55. The number of oxazole rings is 1. The van der Waals surface area contributed by atoms with Crippen molar-refractivity contribution < 1.29 is 13.5 Å². The van der Waals surface area contributed by atoms with Crippen LogP contribution >= 0.6 is 24.0 Å². The van der Waals surface area contributed by atoms with Crippen molar-refractivity contribution in [2.45, 2.75) is 40.5 Å². The van der Waals surface area contributed by atoms with Gasteiger partial charge in [-0.15, -0.1) is 24.0 Å². The van der Waals surface area contributed by atoms with Gasteiger partial charge in [0.1, 0.15) is 11.6 Å². The Morgan fingerprint density at radius 2 is 2.08 bits per heavy atom. The fourth-order valence-corrected chi connectivity index (χ4v) is 2.28. The lowest BCUT2D eigenvalue weighted by molar-refractivity contribution is 0.181. The number of benzene rings is 1. The second-order valence-electron chi connectivity index (χ2n) is 5.66. The van der Waals surface area contributed by atoms with Crippen LogP contribution < -0.4 is 10.6 Å². The van der Waals surface area contributed by atoms with E-state index in [-0.39, 0.29) is 36.4 Å². The van der Waals surface area contributed by atoms with E-state index in [0.29, 0.717) is 30.5 Å². The van der Waals surface area contributed by atoms with Crippen LogP contribution in [0.4, 0.5) is 4.39 Å². The molecule has 0 saturated carbocycles. The molecule has 2 N–H and O–H groups in total. The number of halogens is 2. The lowest BCUT2D eigenvalue weighted by Gasteiger charge is -2.10. The molecule has 0 amide bonds. The van der Waals surface area contributed by atoms with Gasteiger partial charge in [-0.25, -0.2) is 14.4 Å². The second-order valence-corrected chi connectivity index (χ2v) is 5.66. The molecule has 0 aliphatic rings. The smallest absolute Gasteiger partial charge is 0.214 e. The van der Waals surface area contributed by atoms with Gasteiger partial charge in [0.2, 0.25) is 5.89 Å². The second kappa shape index (κ2) is 11.1. The maximum Gasteiger partial charge on any atom is 0.214 e. The first kappa shape index (κ1) is 22.4. The SMILES string of the molecule is CCNC(=NCc1ccc(F)c(COC)c1)NCc1nc(C)c(C)o1.I. The summed E-state index contributed by atoms with van der Waals surface area (Å²) in [6.07, 6.45) is 0. The van der Waals surface area contributed by atoms with Gasteiger partial charge in [0, 0.05) is 19.2 Å². The predicted octanol–water partition coefficient (Wildman–Crippen LogP) is 3.45. The molecule has 0 aliphatic heterocycles. The molecule has 0 atom stereocenters. The van der Waals surface area contributed by atoms with Crippen LogP contribution in [0.25, 0.3) is 0 Å². The standard InChI is InChI=1S/C18H25FN4O2.HI/c1-5-20-18(22-10-17-23-12(2)13(3)25-17)21-9-14-6-7-16(19)15(8-14)11-24-4;/h6-8H,5,9-11H2,1-4H3,(H2,20,21,22);1H. The maximum atomic E-state index is 13.7. The summed E-state index contributed by atoms with van der Waals surface area (Å²) in [6.45, 7) is 7.63. The Morgan fingerprint density at radius 1 is 1.31 bits per heavy atom. The molecule has 2 rings (SSSR count). The van der Waals surface area contributed by atoms with Crippen LogP contribution in [0.3, 0.4) is 0 Å². The largest absolute Gasteiger partial charge is 0.444 e. The highest BCUT2D eigenvalue weighted by Crippen LogP contribution is 2.12. The Bertz CT molecular complexity index is 714. The summed E-state index contributed by atoms with van der Waals surface area (Å²) >= 11 is 0. The van der Waals surface area contributed by atoms with Crippen LogP contribution in [0, 0.1) is 19.7 Å². The minimum absolute atomic E-state index is 0. The first-order valence-corrected chi connectivity index (χ1v) is 8.24. The third kappa shape index (κ3) is 6.56. The van der Waals surface area contributed by atoms with E-state index in [1.807, 2.05) is 20.8 Å². The van der Waals surface area contributed by atoms with Gasteiger partial charge in [-0.1, -0.05) is 6.07 Å². The number of aromatic nitrogens is 1. The first-order chi connectivity index (χ1) is 12.0. The van der Waals surface area contributed by atoms with E-state index in [4.69, 9.17) is 9.15 Å². The molecule has 1 aromatic carbocycles. The number of ether oxygens (including phenoxy) is 1. The fraction of sp³-hybridized carbons (Fsp3) is 0.444. The van der Waals surface area contributed by atoms with Gasteiger partial charge in [-0.05, 0) is 38.5 Å². The van der Waals surface area contributed by atoms with Gasteiger partial charge < -0.3 is 19.8 Å². The van der Waals surface area contributed by atoms with Crippen molar-refractivity contribution in [3.63, 3.8) is 0 Å². The Morgan fingerprint density at radius 3 is 2.69 bits per heavy atom. The van der Waals surface area contributed by atoms with E-state index in [2.05, 4.69) is 20.6 Å². The van der Waals surface area contributed by atoms with Crippen molar-refractivity contribution >= 4 is 29.9 Å². The maximum absolute atomic E-state index is 13.7. The molecular weight excluding hydrogens is 450 g/mol. The lowest BCUT2D eigenvalue weighted by Crippen LogP contribution is -2.36. The number of rotatable bonds is 7. The Balaban J connectivity index is 0.00000338. The molecule has 0 aliphatic carbocycles. The zero-order valence-electron chi connectivity index (χ0n) is 15.6. The van der Waals surface area contributed by atoms with Gasteiger partial charge in [0.05, 0.1) is 25.4 Å². The number of nitrogens with one attached hydrogen (secondary N) is 2. The predicted molar refractivity (Wildman–Crippen MR) is 110 cm³/mol. The van der Waals surface area contributed by atoms with Gasteiger partial charge in [-0.3, -0.25) is 0 Å². The molecule has 144 valence electrons. The van der Waals surface area contributed by atoms with Crippen molar-refractivity contribution in [3.8, 4) is 0 Å². The van der Waals surface area contributed by atoms with E-state index in [1.165, 1.54) is 6.07 Å². The fourth-order valence-electron chi connectivity index (χ4n) is 2.28. The van der Waals surface area contributed by atoms with Crippen molar-refractivity contribution in [2.75, 3.05) is 13.7 Å². The van der Waals surface area contributed by atoms with Crippen molar-refractivity contribution in [2.24, 2.45) is 4.99 Å². The monoisotopic (exact) mass is 476 g/mol. The molecule has 0 unspecified atom stereocenters. The minimum Gasteiger partial charge on any atom is -0.444 e. The quantitative estimate of drug-likeness (QED) is 0.364. The van der Waals surface area contributed by atoms with Gasteiger partial charge in [-0.2, -0.15) is 0 Å². The molecular formula is C18H26FIN4O2. The number of guanidine groups is 1. The van der Waals surface area contributed by atoms with E-state index >= 15 is 0 Å². The van der Waals surface area contributed by atoms with Crippen LogP contribution in [0.1, 0.15) is 35.4 Å². The number of hydrogen-bond donors (Lipinski definition) is 2. The highest BCUT2D eigenvalue weighted by atomic mass is 127. The Kier molecular flexibility index (Phi) is 9.57. The highest BCUT2D eigenvalue weighted by molar-refractivity contribution is 14.0. The van der Waals surface area contributed by atoms with Crippen molar-refractivity contribution in [3.05, 3.63) is 52.5 Å². The van der Waals surface area contributed by atoms with Crippen LogP contribution in [-0.2, 0) is 24.4 Å². The Hall–Kier alpha value is -1.68. The third-order valence-electron chi connectivity index (χ3n) is 3.65. The normalized spacial score (nSPS) is 11.2. The molecule has 0 saturated heterocycles. The van der Waals surface area contributed by atoms with E-state index in [9.17, 15) is 4.39 Å². The molecule has 0 fully saturated rings. The van der Waals surface area contributed by atoms with Crippen LogP contribution in [0.15, 0.2) is 27.6 Å². The number of aliphatic imine (C=N–C) groups is 1. The van der Waals surface area contributed by atoms with E-state index in [0.717, 1.165) is 23.6 Å². The molecule has 2 aromatic rings. The average molecular weight is 476 g/mol. The summed E-state index contributed by atoms with van der Waals surface area (Å²) in [5.74, 6) is 1.81. The summed E-state index contributed by atoms with van der Waals surface area (Å²) < 4.78 is 24.2. The van der Waals surface area contributed by atoms with Gasteiger partial charge in [0.25, 0.3) is 0 Å². The summed E-state index contributed by atoms with van der Waals surface area (Å²) in [5, 5.41) is 6.35. The molecule has 1 heterocycles. The zero-order chi connectivity index (χ0) is 18.2. The van der Waals surface area contributed by atoms with Gasteiger partial charge in [0.15, 0.2) is 5.96 Å². The van der Waals surface area contributed by atoms with E-state index in [1.54, 1.807) is 19.2 Å². The molecule has 0 spiro atoms. The topological polar surface area (TPSA) is 71.7 Å². The number of aryl methyl sites for hydroxylation is 2. The van der Waals surface area contributed by atoms with Crippen LogP contribution in [0.2, 0.25) is 0 Å². The van der Waals surface area contributed by atoms with Crippen LogP contribution in [-0.4, -0.2) is 24.6 Å². The summed E-state index contributed by atoms with van der Waals surface area (Å²) in [4.78, 5) is 8.86. The first-order valence-electron chi connectivity index (χ1n) is 8.24. The Labute approximate surface area is 170 Å². The molecule has 0 radical (unpaired) electrons. The number of nitrogens with zero attached hydrogens (tertiary/aromatic N) is 2. The van der Waals surface area contributed by atoms with Gasteiger partial charge >= 0.3 is 0 Å². The third-order valence-corrected chi connectivity index (χ3v) is 3.65. The lowest BCUT2D eigenvalue weighted by atomic mass is 10.1. The molecule has 1 aromatic heterocycles. The average Bonchev–Trinajstić information content (AvgIpc) is 2.91. The molecule has 6 nitrogen and oxygen atoms in total. The molecule has 26 heavy (non-hydrogen) atoms. The number of methoxy groups -OCH3 is 1. The zero-order valence-corrected chi connectivity index (χ0v) is 17.9. The molecule has 0 bridgehead atoms. The highest BCUT2D eigenvalue weighted by Gasteiger charge is 2.07. The van der Waals surface area contributed by atoms with Crippen molar-refractivity contribution in [1.29, 1.82) is 0 Å². The van der Waals surface area contributed by atoms with Crippen molar-refractivity contribution in [1.82, 2.24) is 15.6 Å². The van der Waals surface area contributed by atoms with Crippen LogP contribution in [0.5, 0.6) is 0 Å². The summed E-state index contributed by atoms with van der Waals surface area (Å²) in [5.41, 5.74) is 2.32. The summed E-state index contributed by atoms with van der Waals surface area (Å²) in [6, 6.07) is 4.94.